The van der Waals surface area contributed by atoms with Crippen molar-refractivity contribution in [3.8, 4) is 0 Å². The van der Waals surface area contributed by atoms with Crippen molar-refractivity contribution in [3.63, 3.8) is 0 Å². The van der Waals surface area contributed by atoms with Crippen LogP contribution in [0.4, 0.5) is 0 Å². The van der Waals surface area contributed by atoms with Crippen LogP contribution in [0, 0.1) is 0 Å². The summed E-state index contributed by atoms with van der Waals surface area (Å²) in [6, 6.07) is 2.41. The van der Waals surface area contributed by atoms with Crippen LogP contribution in [0.2, 0.25) is 10.0 Å². The van der Waals surface area contributed by atoms with Gasteiger partial charge in [0.1, 0.15) is 4.90 Å². The Balaban J connectivity index is 3.49. The standard InChI is InChI=1S/C12H16Cl2N2O3S/c1-4-16(7(2)3)12(17)10-8(13)5-6-9(11(10)14)20(15,18)19/h5-7H,4H2,1-3H3,(H2,15,18,19). The molecule has 1 rings (SSSR count). The van der Waals surface area contributed by atoms with Crippen LogP contribution in [0.5, 0.6) is 0 Å². The third-order valence-electron chi connectivity index (χ3n) is 2.80. The predicted octanol–water partition coefficient (Wildman–Crippen LogP) is 2.51. The summed E-state index contributed by atoms with van der Waals surface area (Å²) < 4.78 is 22.9. The van der Waals surface area contributed by atoms with E-state index in [2.05, 4.69) is 0 Å². The molecular formula is C12H16Cl2N2O3S. The van der Waals surface area contributed by atoms with Crippen molar-refractivity contribution in [2.24, 2.45) is 5.14 Å². The second-order valence-electron chi connectivity index (χ2n) is 4.46. The van der Waals surface area contributed by atoms with E-state index in [0.717, 1.165) is 0 Å². The average molecular weight is 339 g/mol. The maximum absolute atomic E-state index is 12.5. The number of hydrogen-bond acceptors (Lipinski definition) is 3. The highest BCUT2D eigenvalue weighted by Crippen LogP contribution is 2.31. The molecule has 0 aliphatic rings. The van der Waals surface area contributed by atoms with E-state index < -0.39 is 15.9 Å². The van der Waals surface area contributed by atoms with Crippen molar-refractivity contribution in [3.05, 3.63) is 27.7 Å². The lowest BCUT2D eigenvalue weighted by atomic mass is 10.1. The van der Waals surface area contributed by atoms with Gasteiger partial charge in [0.15, 0.2) is 0 Å². The molecule has 0 saturated carbocycles. The fourth-order valence-corrected chi connectivity index (χ4v) is 3.30. The molecule has 0 spiro atoms. The highest BCUT2D eigenvalue weighted by molar-refractivity contribution is 7.89. The van der Waals surface area contributed by atoms with Gasteiger partial charge in [-0.2, -0.15) is 0 Å². The van der Waals surface area contributed by atoms with E-state index in [1.165, 1.54) is 17.0 Å². The van der Waals surface area contributed by atoms with Gasteiger partial charge in [-0.3, -0.25) is 4.79 Å². The zero-order valence-electron chi connectivity index (χ0n) is 11.4. The third kappa shape index (κ3) is 3.44. The molecule has 0 atom stereocenters. The van der Waals surface area contributed by atoms with Gasteiger partial charge in [-0.25, -0.2) is 13.6 Å². The zero-order chi connectivity index (χ0) is 15.7. The van der Waals surface area contributed by atoms with E-state index in [9.17, 15) is 13.2 Å². The number of rotatable bonds is 4. The van der Waals surface area contributed by atoms with E-state index in [1.807, 2.05) is 20.8 Å². The van der Waals surface area contributed by atoms with Crippen LogP contribution in [0.25, 0.3) is 0 Å². The average Bonchev–Trinajstić information content (AvgIpc) is 2.27. The summed E-state index contributed by atoms with van der Waals surface area (Å²) in [6.45, 7) is 5.94. The fraction of sp³-hybridized carbons (Fsp3) is 0.417. The van der Waals surface area contributed by atoms with Crippen LogP contribution in [0.1, 0.15) is 31.1 Å². The molecule has 0 heterocycles. The third-order valence-corrected chi connectivity index (χ3v) is 4.57. The molecule has 8 heteroatoms. The first kappa shape index (κ1) is 17.2. The summed E-state index contributed by atoms with van der Waals surface area (Å²) in [7, 11) is -4.02. The van der Waals surface area contributed by atoms with Crippen molar-refractivity contribution in [2.45, 2.75) is 31.7 Å². The molecule has 2 N–H and O–H groups in total. The number of nitrogens with two attached hydrogens (primary N) is 1. The number of carbonyl (C=O) groups is 1. The summed E-state index contributed by atoms with van der Waals surface area (Å²) in [5.74, 6) is -0.428. The Hall–Kier alpha value is -0.820. The second-order valence-corrected chi connectivity index (χ2v) is 6.78. The molecule has 0 unspecified atom stereocenters. The molecule has 0 saturated heterocycles. The van der Waals surface area contributed by atoms with Gasteiger partial charge in [-0.1, -0.05) is 23.2 Å². The van der Waals surface area contributed by atoms with Crippen LogP contribution in [-0.2, 0) is 10.0 Å². The molecule has 20 heavy (non-hydrogen) atoms. The molecule has 0 radical (unpaired) electrons. The number of primary sulfonamides is 1. The first-order valence-corrected chi connectivity index (χ1v) is 8.23. The zero-order valence-corrected chi connectivity index (χ0v) is 13.7. The highest BCUT2D eigenvalue weighted by atomic mass is 35.5. The Labute approximate surface area is 128 Å². The van der Waals surface area contributed by atoms with Crippen LogP contribution < -0.4 is 5.14 Å². The van der Waals surface area contributed by atoms with E-state index in [-0.39, 0.29) is 26.5 Å². The number of halogens is 2. The smallest absolute Gasteiger partial charge is 0.257 e. The van der Waals surface area contributed by atoms with Gasteiger partial charge in [0.05, 0.1) is 15.6 Å². The highest BCUT2D eigenvalue weighted by Gasteiger charge is 2.26. The first-order chi connectivity index (χ1) is 9.11. The minimum Gasteiger partial charge on any atom is -0.336 e. The lowest BCUT2D eigenvalue weighted by Crippen LogP contribution is -2.37. The quantitative estimate of drug-likeness (QED) is 0.915. The van der Waals surface area contributed by atoms with Crippen LogP contribution in [-0.4, -0.2) is 31.8 Å². The van der Waals surface area contributed by atoms with Gasteiger partial charge in [-0.15, -0.1) is 0 Å². The van der Waals surface area contributed by atoms with E-state index >= 15 is 0 Å². The lowest BCUT2D eigenvalue weighted by molar-refractivity contribution is 0.0717. The fourth-order valence-electron chi connectivity index (χ4n) is 1.84. The predicted molar refractivity (Wildman–Crippen MR) is 79.7 cm³/mol. The molecular weight excluding hydrogens is 323 g/mol. The Kier molecular flexibility index (Phi) is 5.43. The molecule has 0 bridgehead atoms. The van der Waals surface area contributed by atoms with E-state index in [4.69, 9.17) is 28.3 Å². The minimum absolute atomic E-state index is 0.0459. The molecule has 0 fully saturated rings. The van der Waals surface area contributed by atoms with Crippen LogP contribution in [0.3, 0.4) is 0 Å². The first-order valence-electron chi connectivity index (χ1n) is 5.93. The number of amides is 1. The number of benzene rings is 1. The lowest BCUT2D eigenvalue weighted by Gasteiger charge is -2.26. The Bertz CT molecular complexity index is 630. The molecule has 1 amide bonds. The number of carbonyl (C=O) groups excluding carboxylic acids is 1. The molecule has 112 valence electrons. The summed E-state index contributed by atoms with van der Waals surface area (Å²) in [4.78, 5) is 13.7. The molecule has 0 aliphatic carbocycles. The summed E-state index contributed by atoms with van der Waals surface area (Å²) in [5.41, 5.74) is -0.0459. The largest absolute Gasteiger partial charge is 0.336 e. The number of hydrogen-bond donors (Lipinski definition) is 1. The van der Waals surface area contributed by atoms with Crippen molar-refractivity contribution in [1.82, 2.24) is 4.90 Å². The number of sulfonamides is 1. The monoisotopic (exact) mass is 338 g/mol. The van der Waals surface area contributed by atoms with Crippen molar-refractivity contribution < 1.29 is 13.2 Å². The van der Waals surface area contributed by atoms with Gasteiger partial charge < -0.3 is 4.90 Å². The maximum atomic E-state index is 12.5. The van der Waals surface area contributed by atoms with E-state index in [0.29, 0.717) is 6.54 Å². The Morgan fingerprint density at radius 3 is 2.30 bits per heavy atom. The van der Waals surface area contributed by atoms with Crippen molar-refractivity contribution >= 4 is 39.1 Å². The van der Waals surface area contributed by atoms with Gasteiger partial charge in [0.25, 0.3) is 5.91 Å². The van der Waals surface area contributed by atoms with Gasteiger partial charge in [0, 0.05) is 12.6 Å². The summed E-state index contributed by atoms with van der Waals surface area (Å²) >= 11 is 12.0. The van der Waals surface area contributed by atoms with Gasteiger partial charge in [0.2, 0.25) is 10.0 Å². The molecule has 5 nitrogen and oxygen atoms in total. The minimum atomic E-state index is -4.02. The van der Waals surface area contributed by atoms with Gasteiger partial charge in [-0.05, 0) is 32.9 Å². The summed E-state index contributed by atoms with van der Waals surface area (Å²) in [6.07, 6.45) is 0. The Morgan fingerprint density at radius 1 is 1.35 bits per heavy atom. The van der Waals surface area contributed by atoms with E-state index in [1.54, 1.807) is 0 Å². The molecule has 0 aliphatic heterocycles. The van der Waals surface area contributed by atoms with Gasteiger partial charge >= 0.3 is 0 Å². The van der Waals surface area contributed by atoms with Crippen molar-refractivity contribution in [1.29, 1.82) is 0 Å². The van der Waals surface area contributed by atoms with Crippen LogP contribution in [0.15, 0.2) is 17.0 Å². The summed E-state index contributed by atoms with van der Waals surface area (Å²) in [5, 5.41) is 4.91. The molecule has 1 aromatic carbocycles. The molecule has 0 aromatic heterocycles. The second kappa shape index (κ2) is 6.30. The van der Waals surface area contributed by atoms with Crippen molar-refractivity contribution in [2.75, 3.05) is 6.54 Å². The normalized spacial score (nSPS) is 11.8. The topological polar surface area (TPSA) is 80.5 Å². The number of nitrogens with zero attached hydrogens (tertiary/aromatic N) is 1. The maximum Gasteiger partial charge on any atom is 0.257 e. The Morgan fingerprint density at radius 2 is 1.90 bits per heavy atom. The van der Waals surface area contributed by atoms with Crippen LogP contribution >= 0.6 is 23.2 Å². The SMILES string of the molecule is CCN(C(=O)c1c(Cl)ccc(S(N)(=O)=O)c1Cl)C(C)C. The molecule has 1 aromatic rings.